The fourth-order valence-electron chi connectivity index (χ4n) is 1.50. The zero-order valence-corrected chi connectivity index (χ0v) is 11.9. The van der Waals surface area contributed by atoms with Crippen molar-refractivity contribution >= 4 is 27.6 Å². The molecule has 0 bridgehead atoms. The van der Waals surface area contributed by atoms with E-state index in [1.165, 1.54) is 11.3 Å². The number of ether oxygens (including phenoxy) is 1. The van der Waals surface area contributed by atoms with E-state index in [4.69, 9.17) is 4.74 Å². The number of nitrogens with zero attached hydrogens (tertiary/aromatic N) is 1. The van der Waals surface area contributed by atoms with Crippen LogP contribution in [0.1, 0.15) is 25.8 Å². The highest BCUT2D eigenvalue weighted by atomic mass is 32.1. The van der Waals surface area contributed by atoms with Crippen molar-refractivity contribution in [3.8, 4) is 5.75 Å². The molecule has 0 spiro atoms. The number of carbonyl (C=O) groups is 1. The molecule has 0 fully saturated rings. The molecule has 0 saturated heterocycles. The van der Waals surface area contributed by atoms with Crippen LogP contribution in [0.4, 0.5) is 4.79 Å². The molecule has 2 rings (SSSR count). The van der Waals surface area contributed by atoms with Gasteiger partial charge in [-0.3, -0.25) is 0 Å². The minimum atomic E-state index is -0.510. The minimum Gasteiger partial charge on any atom is -0.508 e. The first-order chi connectivity index (χ1) is 8.83. The second-order valence-electron chi connectivity index (χ2n) is 5.12. The molecule has 2 N–H and O–H groups in total. The first-order valence-electron chi connectivity index (χ1n) is 5.89. The van der Waals surface area contributed by atoms with Gasteiger partial charge in [0.15, 0.2) is 0 Å². The van der Waals surface area contributed by atoms with Crippen molar-refractivity contribution in [2.75, 3.05) is 0 Å². The molecular weight excluding hydrogens is 264 g/mol. The molecule has 0 aliphatic heterocycles. The van der Waals surface area contributed by atoms with Gasteiger partial charge in [-0.05, 0) is 32.9 Å². The Kier molecular flexibility index (Phi) is 3.61. The Morgan fingerprint density at radius 2 is 2.21 bits per heavy atom. The van der Waals surface area contributed by atoms with E-state index in [1.807, 2.05) is 20.8 Å². The van der Waals surface area contributed by atoms with Gasteiger partial charge in [0.1, 0.15) is 16.4 Å². The quantitative estimate of drug-likeness (QED) is 0.887. The van der Waals surface area contributed by atoms with Gasteiger partial charge in [-0.1, -0.05) is 0 Å². The number of phenolic OH excluding ortho intramolecular Hbond substituents is 1. The number of alkyl carbamates (subject to hydrolysis) is 1. The molecule has 0 saturated carbocycles. The Morgan fingerprint density at radius 1 is 1.47 bits per heavy atom. The number of fused-ring (bicyclic) bond motifs is 1. The lowest BCUT2D eigenvalue weighted by atomic mass is 10.2. The molecule has 1 aromatic carbocycles. The van der Waals surface area contributed by atoms with Crippen LogP contribution < -0.4 is 5.32 Å². The van der Waals surface area contributed by atoms with Crippen LogP contribution in [-0.2, 0) is 11.3 Å². The molecule has 1 amide bonds. The summed E-state index contributed by atoms with van der Waals surface area (Å²) in [6.07, 6.45) is -0.463. The summed E-state index contributed by atoms with van der Waals surface area (Å²) < 4.78 is 6.11. The molecule has 2 aromatic rings. The summed E-state index contributed by atoms with van der Waals surface area (Å²) in [6, 6.07) is 5.02. The summed E-state index contributed by atoms with van der Waals surface area (Å²) in [6.45, 7) is 5.75. The van der Waals surface area contributed by atoms with E-state index < -0.39 is 11.7 Å². The van der Waals surface area contributed by atoms with Gasteiger partial charge in [0.25, 0.3) is 0 Å². The summed E-state index contributed by atoms with van der Waals surface area (Å²) in [5.41, 5.74) is 0.217. The van der Waals surface area contributed by atoms with E-state index in [0.29, 0.717) is 6.54 Å². The van der Waals surface area contributed by atoms with Crippen molar-refractivity contribution in [1.29, 1.82) is 0 Å². The normalized spacial score (nSPS) is 11.5. The van der Waals surface area contributed by atoms with Crippen LogP contribution in [0, 0.1) is 0 Å². The number of aromatic hydroxyl groups is 1. The molecule has 0 atom stereocenters. The zero-order chi connectivity index (χ0) is 14.0. The van der Waals surface area contributed by atoms with Crippen molar-refractivity contribution < 1.29 is 14.6 Å². The lowest BCUT2D eigenvalue weighted by Gasteiger charge is -2.19. The number of benzene rings is 1. The largest absolute Gasteiger partial charge is 0.508 e. The third kappa shape index (κ3) is 3.82. The molecule has 0 unspecified atom stereocenters. The third-order valence-corrected chi connectivity index (χ3v) is 3.23. The number of amides is 1. The average molecular weight is 280 g/mol. The van der Waals surface area contributed by atoms with Crippen LogP contribution in [0.25, 0.3) is 10.2 Å². The molecule has 1 heterocycles. The van der Waals surface area contributed by atoms with Gasteiger partial charge in [0.2, 0.25) is 0 Å². The number of aromatic nitrogens is 1. The number of nitrogens with one attached hydrogen (secondary N) is 1. The summed E-state index contributed by atoms with van der Waals surface area (Å²) >= 11 is 1.47. The number of phenols is 1. The monoisotopic (exact) mass is 280 g/mol. The fourth-order valence-corrected chi connectivity index (χ4v) is 2.39. The van der Waals surface area contributed by atoms with Gasteiger partial charge in [-0.2, -0.15) is 0 Å². The lowest BCUT2D eigenvalue weighted by Crippen LogP contribution is -2.32. The van der Waals surface area contributed by atoms with E-state index in [-0.39, 0.29) is 5.75 Å². The molecule has 0 aliphatic carbocycles. The molecule has 102 valence electrons. The van der Waals surface area contributed by atoms with Crippen LogP contribution in [0.15, 0.2) is 18.2 Å². The van der Waals surface area contributed by atoms with Crippen molar-refractivity contribution in [2.45, 2.75) is 32.9 Å². The van der Waals surface area contributed by atoms with Crippen molar-refractivity contribution in [2.24, 2.45) is 0 Å². The van der Waals surface area contributed by atoms with Gasteiger partial charge in [0.05, 0.1) is 16.8 Å². The van der Waals surface area contributed by atoms with Crippen molar-refractivity contribution in [1.82, 2.24) is 10.3 Å². The number of hydrogen-bond donors (Lipinski definition) is 2. The van der Waals surface area contributed by atoms with E-state index in [2.05, 4.69) is 10.3 Å². The molecule has 0 radical (unpaired) electrons. The maximum Gasteiger partial charge on any atom is 0.408 e. The Labute approximate surface area is 115 Å². The SMILES string of the molecule is CC(C)(C)OC(=O)NCc1nc2cc(O)ccc2s1. The Bertz CT molecular complexity index is 601. The number of thiazole rings is 1. The second-order valence-corrected chi connectivity index (χ2v) is 6.23. The summed E-state index contributed by atoms with van der Waals surface area (Å²) in [7, 11) is 0. The minimum absolute atomic E-state index is 0.185. The predicted molar refractivity (Wildman–Crippen MR) is 74.4 cm³/mol. The number of carbonyl (C=O) groups excluding carboxylic acids is 1. The highest BCUT2D eigenvalue weighted by Crippen LogP contribution is 2.25. The number of rotatable bonds is 2. The summed E-state index contributed by atoms with van der Waals surface area (Å²) in [4.78, 5) is 15.8. The van der Waals surface area contributed by atoms with Crippen LogP contribution in [0.5, 0.6) is 5.75 Å². The smallest absolute Gasteiger partial charge is 0.408 e. The maximum absolute atomic E-state index is 11.5. The van der Waals surface area contributed by atoms with E-state index in [9.17, 15) is 9.90 Å². The van der Waals surface area contributed by atoms with Crippen LogP contribution >= 0.6 is 11.3 Å². The first kappa shape index (κ1) is 13.6. The first-order valence-corrected chi connectivity index (χ1v) is 6.70. The highest BCUT2D eigenvalue weighted by molar-refractivity contribution is 7.18. The van der Waals surface area contributed by atoms with Gasteiger partial charge in [0, 0.05) is 6.07 Å². The van der Waals surface area contributed by atoms with Crippen molar-refractivity contribution in [3.63, 3.8) is 0 Å². The van der Waals surface area contributed by atoms with Gasteiger partial charge in [-0.25, -0.2) is 9.78 Å². The van der Waals surface area contributed by atoms with Crippen LogP contribution in [-0.4, -0.2) is 21.8 Å². The predicted octanol–water partition coefficient (Wildman–Crippen LogP) is 3.03. The Balaban J connectivity index is 2.00. The standard InChI is InChI=1S/C13H16N2O3S/c1-13(2,3)18-12(17)14-7-11-15-9-6-8(16)4-5-10(9)19-11/h4-6,16H,7H2,1-3H3,(H,14,17). The van der Waals surface area contributed by atoms with Crippen molar-refractivity contribution in [3.05, 3.63) is 23.2 Å². The molecule has 0 aliphatic rings. The van der Waals surface area contributed by atoms with Gasteiger partial charge < -0.3 is 15.2 Å². The molecule has 5 nitrogen and oxygen atoms in total. The van der Waals surface area contributed by atoms with E-state index in [1.54, 1.807) is 18.2 Å². The second kappa shape index (κ2) is 5.05. The highest BCUT2D eigenvalue weighted by Gasteiger charge is 2.16. The maximum atomic E-state index is 11.5. The molecule has 1 aromatic heterocycles. The third-order valence-electron chi connectivity index (χ3n) is 2.20. The molecule has 6 heteroatoms. The molecule has 19 heavy (non-hydrogen) atoms. The Morgan fingerprint density at radius 3 is 2.89 bits per heavy atom. The Hall–Kier alpha value is -1.82. The topological polar surface area (TPSA) is 71.5 Å². The zero-order valence-electron chi connectivity index (χ0n) is 11.1. The van der Waals surface area contributed by atoms with Crippen LogP contribution in [0.2, 0.25) is 0 Å². The van der Waals surface area contributed by atoms with Crippen LogP contribution in [0.3, 0.4) is 0 Å². The van der Waals surface area contributed by atoms with Gasteiger partial charge >= 0.3 is 6.09 Å². The summed E-state index contributed by atoms with van der Waals surface area (Å²) in [5.74, 6) is 0.185. The fraction of sp³-hybridized carbons (Fsp3) is 0.385. The average Bonchev–Trinajstić information content (AvgIpc) is 2.66. The molecular formula is C13H16N2O3S. The van der Waals surface area contributed by atoms with Gasteiger partial charge in [-0.15, -0.1) is 11.3 Å². The summed E-state index contributed by atoms with van der Waals surface area (Å²) in [5, 5.41) is 12.8. The van der Waals surface area contributed by atoms with E-state index in [0.717, 1.165) is 15.2 Å². The van der Waals surface area contributed by atoms with E-state index >= 15 is 0 Å². The lowest BCUT2D eigenvalue weighted by molar-refractivity contribution is 0.0523. The number of hydrogen-bond acceptors (Lipinski definition) is 5.